The third kappa shape index (κ3) is 3.51. The summed E-state index contributed by atoms with van der Waals surface area (Å²) in [6.07, 6.45) is 0. The Morgan fingerprint density at radius 1 is 1.22 bits per heavy atom. The van der Waals surface area contributed by atoms with Crippen LogP contribution in [0.1, 0.15) is 15.9 Å². The highest BCUT2D eigenvalue weighted by molar-refractivity contribution is 6.30. The number of carbonyl (C=O) groups is 1. The lowest BCUT2D eigenvalue weighted by atomic mass is 10.1. The fraction of sp³-hybridized carbons (Fsp3) is 0.235. The molecule has 0 saturated carbocycles. The maximum absolute atomic E-state index is 12.3. The zero-order valence-electron chi connectivity index (χ0n) is 12.6. The van der Waals surface area contributed by atoms with Crippen molar-refractivity contribution in [2.75, 3.05) is 20.3 Å². The second-order valence-corrected chi connectivity index (χ2v) is 5.45. The second-order valence-electron chi connectivity index (χ2n) is 5.01. The number of hydrogen-bond donors (Lipinski definition) is 1. The Hall–Kier alpha value is -2.40. The van der Waals surface area contributed by atoms with Gasteiger partial charge in [0.1, 0.15) is 13.2 Å². The van der Waals surface area contributed by atoms with Crippen LogP contribution in [0.5, 0.6) is 17.2 Å². The maximum Gasteiger partial charge on any atom is 0.251 e. The van der Waals surface area contributed by atoms with Crippen molar-refractivity contribution in [1.82, 2.24) is 5.32 Å². The van der Waals surface area contributed by atoms with Gasteiger partial charge < -0.3 is 19.5 Å². The molecule has 0 aliphatic carbocycles. The first-order valence-corrected chi connectivity index (χ1v) is 7.55. The zero-order valence-corrected chi connectivity index (χ0v) is 13.4. The van der Waals surface area contributed by atoms with Crippen LogP contribution < -0.4 is 19.5 Å². The highest BCUT2D eigenvalue weighted by atomic mass is 35.5. The van der Waals surface area contributed by atoms with E-state index in [1.807, 2.05) is 12.1 Å². The van der Waals surface area contributed by atoms with E-state index < -0.39 is 0 Å². The Morgan fingerprint density at radius 3 is 2.70 bits per heavy atom. The molecule has 2 aromatic rings. The zero-order chi connectivity index (χ0) is 16.2. The minimum Gasteiger partial charge on any atom is -0.493 e. The van der Waals surface area contributed by atoms with Gasteiger partial charge in [0.25, 0.3) is 5.91 Å². The average Bonchev–Trinajstić information content (AvgIpc) is 2.60. The summed E-state index contributed by atoms with van der Waals surface area (Å²) < 4.78 is 16.3. The summed E-state index contributed by atoms with van der Waals surface area (Å²) in [7, 11) is 1.53. The van der Waals surface area contributed by atoms with Crippen molar-refractivity contribution < 1.29 is 19.0 Å². The molecule has 1 amide bonds. The van der Waals surface area contributed by atoms with E-state index in [4.69, 9.17) is 25.8 Å². The lowest BCUT2D eigenvalue weighted by Crippen LogP contribution is -2.23. The number of hydrogen-bond acceptors (Lipinski definition) is 4. The summed E-state index contributed by atoms with van der Waals surface area (Å²) in [5.74, 6) is 1.33. The molecule has 0 aromatic heterocycles. The standard InChI is InChI=1S/C17H16ClNO4/c1-21-14-8-12(9-15-16(14)23-7-6-22-15)17(20)19-10-11-2-4-13(18)5-3-11/h2-5,8-9H,6-7,10H2,1H3,(H,19,20). The molecule has 1 heterocycles. The van der Waals surface area contributed by atoms with Gasteiger partial charge >= 0.3 is 0 Å². The molecule has 0 unspecified atom stereocenters. The smallest absolute Gasteiger partial charge is 0.251 e. The van der Waals surface area contributed by atoms with Gasteiger partial charge in [-0.1, -0.05) is 23.7 Å². The van der Waals surface area contributed by atoms with Gasteiger partial charge in [0.2, 0.25) is 5.75 Å². The molecule has 2 aromatic carbocycles. The van der Waals surface area contributed by atoms with Crippen molar-refractivity contribution in [2.45, 2.75) is 6.54 Å². The van der Waals surface area contributed by atoms with Crippen molar-refractivity contribution in [3.63, 3.8) is 0 Å². The summed E-state index contributed by atoms with van der Waals surface area (Å²) in [5.41, 5.74) is 1.42. The van der Waals surface area contributed by atoms with Gasteiger partial charge in [0, 0.05) is 17.1 Å². The lowest BCUT2D eigenvalue weighted by molar-refractivity contribution is 0.0949. The highest BCUT2D eigenvalue weighted by Crippen LogP contribution is 2.40. The molecular weight excluding hydrogens is 318 g/mol. The van der Waals surface area contributed by atoms with E-state index in [0.717, 1.165) is 5.56 Å². The third-order valence-corrected chi connectivity index (χ3v) is 3.71. The van der Waals surface area contributed by atoms with E-state index >= 15 is 0 Å². The number of carbonyl (C=O) groups excluding carboxylic acids is 1. The summed E-state index contributed by atoms with van der Waals surface area (Å²) in [6, 6.07) is 10.6. The number of halogens is 1. The number of rotatable bonds is 4. The molecule has 0 bridgehead atoms. The van der Waals surface area contributed by atoms with E-state index in [-0.39, 0.29) is 5.91 Å². The number of ether oxygens (including phenoxy) is 3. The molecule has 6 heteroatoms. The van der Waals surface area contributed by atoms with E-state index in [1.54, 1.807) is 24.3 Å². The van der Waals surface area contributed by atoms with Crippen LogP contribution in [0, 0.1) is 0 Å². The Kier molecular flexibility index (Phi) is 4.57. The van der Waals surface area contributed by atoms with E-state index in [1.165, 1.54) is 7.11 Å². The molecule has 0 saturated heterocycles. The summed E-state index contributed by atoms with van der Waals surface area (Å²) >= 11 is 5.84. The molecule has 3 rings (SSSR count). The van der Waals surface area contributed by atoms with Crippen LogP contribution in [-0.2, 0) is 6.54 Å². The third-order valence-electron chi connectivity index (χ3n) is 3.46. The first kappa shape index (κ1) is 15.5. The topological polar surface area (TPSA) is 56.8 Å². The first-order valence-electron chi connectivity index (χ1n) is 7.17. The number of amides is 1. The Labute approximate surface area is 139 Å². The van der Waals surface area contributed by atoms with Crippen molar-refractivity contribution >= 4 is 17.5 Å². The molecule has 23 heavy (non-hydrogen) atoms. The van der Waals surface area contributed by atoms with Crippen molar-refractivity contribution in [2.24, 2.45) is 0 Å². The Bertz CT molecular complexity index is 698. The highest BCUT2D eigenvalue weighted by Gasteiger charge is 2.20. The molecule has 0 spiro atoms. The SMILES string of the molecule is COc1cc(C(=O)NCc2ccc(Cl)cc2)cc2c1OCCO2. The predicted octanol–water partition coefficient (Wildman–Crippen LogP) is 3.05. The molecular formula is C17H16ClNO4. The van der Waals surface area contributed by atoms with Crippen LogP contribution in [0.2, 0.25) is 5.02 Å². The van der Waals surface area contributed by atoms with Gasteiger partial charge in [0.05, 0.1) is 7.11 Å². The molecule has 1 aliphatic rings. The fourth-order valence-electron chi connectivity index (χ4n) is 2.29. The number of nitrogens with one attached hydrogen (secondary N) is 1. The number of benzene rings is 2. The van der Waals surface area contributed by atoms with Gasteiger partial charge in [-0.05, 0) is 29.8 Å². The van der Waals surface area contributed by atoms with Crippen LogP contribution in [0.3, 0.4) is 0 Å². The fourth-order valence-corrected chi connectivity index (χ4v) is 2.42. The van der Waals surface area contributed by atoms with Gasteiger partial charge in [-0.3, -0.25) is 4.79 Å². The van der Waals surface area contributed by atoms with E-state index in [9.17, 15) is 4.79 Å². The largest absolute Gasteiger partial charge is 0.493 e. The van der Waals surface area contributed by atoms with E-state index in [2.05, 4.69) is 5.32 Å². The summed E-state index contributed by atoms with van der Waals surface area (Å²) in [6.45, 7) is 1.32. The van der Waals surface area contributed by atoms with E-state index in [0.29, 0.717) is 47.6 Å². The van der Waals surface area contributed by atoms with Crippen molar-refractivity contribution in [3.05, 3.63) is 52.5 Å². The minimum absolute atomic E-state index is 0.213. The maximum atomic E-state index is 12.3. The van der Waals surface area contributed by atoms with Gasteiger partial charge in [-0.15, -0.1) is 0 Å². The molecule has 1 aliphatic heterocycles. The van der Waals surface area contributed by atoms with Crippen molar-refractivity contribution in [3.8, 4) is 17.2 Å². The quantitative estimate of drug-likeness (QED) is 0.934. The monoisotopic (exact) mass is 333 g/mol. The van der Waals surface area contributed by atoms with Crippen molar-refractivity contribution in [1.29, 1.82) is 0 Å². The average molecular weight is 334 g/mol. The number of fused-ring (bicyclic) bond motifs is 1. The predicted molar refractivity (Wildman–Crippen MR) is 86.6 cm³/mol. The molecule has 0 atom stereocenters. The normalized spacial score (nSPS) is 12.6. The summed E-state index contributed by atoms with van der Waals surface area (Å²) in [5, 5.41) is 3.52. The van der Waals surface area contributed by atoms with Crippen LogP contribution in [0.15, 0.2) is 36.4 Å². The van der Waals surface area contributed by atoms with Gasteiger partial charge in [0.15, 0.2) is 11.5 Å². The number of methoxy groups -OCH3 is 1. The van der Waals surface area contributed by atoms with Gasteiger partial charge in [-0.25, -0.2) is 0 Å². The first-order chi connectivity index (χ1) is 11.2. The van der Waals surface area contributed by atoms with Gasteiger partial charge in [-0.2, -0.15) is 0 Å². The lowest BCUT2D eigenvalue weighted by Gasteiger charge is -2.21. The Balaban J connectivity index is 1.75. The second kappa shape index (κ2) is 6.79. The summed E-state index contributed by atoms with van der Waals surface area (Å²) in [4.78, 5) is 12.3. The molecule has 1 N–H and O–H groups in total. The Morgan fingerprint density at radius 2 is 1.96 bits per heavy atom. The van der Waals surface area contributed by atoms with Crippen LogP contribution >= 0.6 is 11.6 Å². The minimum atomic E-state index is -0.213. The van der Waals surface area contributed by atoms with Crippen LogP contribution in [-0.4, -0.2) is 26.2 Å². The van der Waals surface area contributed by atoms with Crippen LogP contribution in [0.4, 0.5) is 0 Å². The molecule has 0 fully saturated rings. The molecule has 120 valence electrons. The molecule has 0 radical (unpaired) electrons. The molecule has 5 nitrogen and oxygen atoms in total. The van der Waals surface area contributed by atoms with Crippen LogP contribution in [0.25, 0.3) is 0 Å².